The third-order valence-electron chi connectivity index (χ3n) is 7.41. The van der Waals surface area contributed by atoms with Crippen LogP contribution in [0.4, 0.5) is 0 Å². The van der Waals surface area contributed by atoms with Crippen molar-refractivity contribution >= 4 is 39.8 Å². The van der Waals surface area contributed by atoms with Crippen LogP contribution in [0.25, 0.3) is 6.08 Å². The summed E-state index contributed by atoms with van der Waals surface area (Å²) < 4.78 is 18.1. The first-order valence-electron chi connectivity index (χ1n) is 13.4. The van der Waals surface area contributed by atoms with E-state index in [0.717, 1.165) is 12.1 Å². The van der Waals surface area contributed by atoms with Crippen molar-refractivity contribution in [1.29, 1.82) is 0 Å². The summed E-state index contributed by atoms with van der Waals surface area (Å²) in [7, 11) is 2.98. The molecule has 0 radical (unpaired) electrons. The second-order valence-electron chi connectivity index (χ2n) is 10.3. The molecule has 2 aromatic carbocycles. The Kier molecular flexibility index (Phi) is 8.49. The molecule has 1 fully saturated rings. The third kappa shape index (κ3) is 6.11. The summed E-state index contributed by atoms with van der Waals surface area (Å²) in [5.74, 6) is -0.140. The zero-order valence-electron chi connectivity index (χ0n) is 23.4. The lowest BCUT2D eigenvalue weighted by Gasteiger charge is -2.43. The molecule has 2 aliphatic rings. The average Bonchev–Trinajstić information content (AvgIpc) is 2.98. The Hall–Kier alpha value is -4.38. The van der Waals surface area contributed by atoms with Crippen molar-refractivity contribution in [3.05, 3.63) is 91.9 Å². The van der Waals surface area contributed by atoms with Crippen LogP contribution in [0.3, 0.4) is 0 Å². The van der Waals surface area contributed by atoms with Crippen LogP contribution in [0.2, 0.25) is 0 Å². The van der Waals surface area contributed by atoms with Crippen molar-refractivity contribution in [3.8, 4) is 17.2 Å². The number of fused-ring (bicyclic) bond motifs is 4. The number of nitrogens with one attached hydrogen (secondary N) is 1. The smallest absolute Gasteiger partial charge is 0.308 e. The highest BCUT2D eigenvalue weighted by Crippen LogP contribution is 2.38. The first-order valence-corrected chi connectivity index (χ1v) is 14.2. The highest BCUT2D eigenvalue weighted by molar-refractivity contribution is 9.10. The van der Waals surface area contributed by atoms with Crippen LogP contribution in [-0.2, 0) is 16.1 Å². The summed E-state index contributed by atoms with van der Waals surface area (Å²) in [5.41, 5.74) is 1.82. The van der Waals surface area contributed by atoms with Gasteiger partial charge in [0.2, 0.25) is 0 Å². The lowest BCUT2D eigenvalue weighted by atomic mass is 9.83. The first kappa shape index (κ1) is 29.1. The van der Waals surface area contributed by atoms with Crippen LogP contribution in [-0.4, -0.2) is 54.6 Å². The summed E-state index contributed by atoms with van der Waals surface area (Å²) in [6, 6.07) is 15.1. The normalized spacial score (nSPS) is 17.6. The van der Waals surface area contributed by atoms with E-state index < -0.39 is 11.9 Å². The second kappa shape index (κ2) is 12.2. The maximum absolute atomic E-state index is 14.1. The number of esters is 1. The minimum atomic E-state index is -0.514. The Bertz CT molecular complexity index is 1630. The van der Waals surface area contributed by atoms with E-state index >= 15 is 0 Å². The standard InChI is InChI=1S/C31H30BrN3O7/c1-18(36)42-29-24(32)12-19(14-27(29)41-3)13-25(33-30(38)21-7-9-23(40-2)10-8-21)31(39)34-15-20-11-22(17-34)26-5-4-6-28(37)35(26)16-20/h4-10,12-14,20,22H,11,15-17H2,1-3H3,(H,33,38)/b25-13-/t20-,22+/m1/s1. The van der Waals surface area contributed by atoms with Gasteiger partial charge in [0.25, 0.3) is 17.4 Å². The van der Waals surface area contributed by atoms with Crippen LogP contribution in [0.5, 0.6) is 17.2 Å². The summed E-state index contributed by atoms with van der Waals surface area (Å²) in [6.45, 7) is 2.68. The molecule has 10 nitrogen and oxygen atoms in total. The number of hydrogen-bond acceptors (Lipinski definition) is 7. The van der Waals surface area contributed by atoms with E-state index in [1.807, 2.05) is 6.07 Å². The Morgan fingerprint density at radius 2 is 1.76 bits per heavy atom. The van der Waals surface area contributed by atoms with Crippen molar-refractivity contribution in [3.63, 3.8) is 0 Å². The Balaban J connectivity index is 1.49. The molecule has 2 aliphatic heterocycles. The molecule has 0 saturated carbocycles. The lowest BCUT2D eigenvalue weighted by molar-refractivity contribution is -0.132. The van der Waals surface area contributed by atoms with Gasteiger partial charge in [-0.05, 0) is 82.4 Å². The predicted molar refractivity (Wildman–Crippen MR) is 159 cm³/mol. The molecule has 11 heteroatoms. The molecule has 2 atom stereocenters. The molecule has 1 N–H and O–H groups in total. The number of carbonyl (C=O) groups excluding carboxylic acids is 3. The number of hydrogen-bond donors (Lipinski definition) is 1. The molecule has 42 heavy (non-hydrogen) atoms. The summed E-state index contributed by atoms with van der Waals surface area (Å²) in [5, 5.41) is 2.81. The molecule has 3 heterocycles. The predicted octanol–water partition coefficient (Wildman–Crippen LogP) is 3.97. The molecule has 5 rings (SSSR count). The number of halogens is 1. The molecule has 1 saturated heterocycles. The van der Waals surface area contributed by atoms with Crippen LogP contribution in [0.1, 0.15) is 40.9 Å². The van der Waals surface area contributed by atoms with Gasteiger partial charge < -0.3 is 29.0 Å². The topological polar surface area (TPSA) is 116 Å². The van der Waals surface area contributed by atoms with Crippen molar-refractivity contribution in [1.82, 2.24) is 14.8 Å². The zero-order chi connectivity index (χ0) is 30.0. The fourth-order valence-electron chi connectivity index (χ4n) is 5.55. The Morgan fingerprint density at radius 3 is 2.45 bits per heavy atom. The largest absolute Gasteiger partial charge is 0.497 e. The fourth-order valence-corrected chi connectivity index (χ4v) is 6.09. The number of aromatic nitrogens is 1. The number of pyridine rings is 1. The Morgan fingerprint density at radius 1 is 1.00 bits per heavy atom. The van der Waals surface area contributed by atoms with Crippen LogP contribution in [0, 0.1) is 5.92 Å². The molecule has 3 aromatic rings. The maximum Gasteiger partial charge on any atom is 0.308 e. The second-order valence-corrected chi connectivity index (χ2v) is 11.1. The van der Waals surface area contributed by atoms with Gasteiger partial charge in [0.15, 0.2) is 11.5 Å². The number of amides is 2. The van der Waals surface area contributed by atoms with Gasteiger partial charge in [-0.1, -0.05) is 6.07 Å². The molecule has 0 aliphatic carbocycles. The van der Waals surface area contributed by atoms with Crippen LogP contribution in [0.15, 0.2) is 69.6 Å². The van der Waals surface area contributed by atoms with Gasteiger partial charge in [0, 0.05) is 49.8 Å². The van der Waals surface area contributed by atoms with E-state index in [4.69, 9.17) is 14.2 Å². The number of likely N-dealkylation sites (tertiary alicyclic amines) is 1. The maximum atomic E-state index is 14.1. The van der Waals surface area contributed by atoms with Gasteiger partial charge in [0.1, 0.15) is 11.4 Å². The molecular weight excluding hydrogens is 606 g/mol. The number of methoxy groups -OCH3 is 2. The van der Waals surface area contributed by atoms with Gasteiger partial charge in [-0.3, -0.25) is 19.2 Å². The summed E-state index contributed by atoms with van der Waals surface area (Å²) in [6.07, 6.45) is 2.45. The summed E-state index contributed by atoms with van der Waals surface area (Å²) in [4.78, 5) is 53.2. The van der Waals surface area contributed by atoms with E-state index in [-0.39, 0.29) is 40.5 Å². The SMILES string of the molecule is COc1ccc(C(=O)N/C(=C\c2cc(Br)c(OC(C)=O)c(OC)c2)C(=O)N2C[C@H]3C[C@@H](C2)c2cccc(=O)n2C3)cc1. The average molecular weight is 636 g/mol. The summed E-state index contributed by atoms with van der Waals surface area (Å²) >= 11 is 3.42. The number of benzene rings is 2. The van der Waals surface area contributed by atoms with Crippen molar-refractivity contribution in [2.75, 3.05) is 27.3 Å². The molecule has 2 bridgehead atoms. The van der Waals surface area contributed by atoms with E-state index in [0.29, 0.717) is 41.0 Å². The van der Waals surface area contributed by atoms with E-state index in [9.17, 15) is 19.2 Å². The van der Waals surface area contributed by atoms with Gasteiger partial charge in [-0.25, -0.2) is 0 Å². The number of rotatable bonds is 7. The van der Waals surface area contributed by atoms with Crippen LogP contribution >= 0.6 is 15.9 Å². The quantitative estimate of drug-likeness (QED) is 0.237. The zero-order valence-corrected chi connectivity index (χ0v) is 25.0. The Labute approximate surface area is 251 Å². The van der Waals surface area contributed by atoms with E-state index in [1.165, 1.54) is 21.1 Å². The monoisotopic (exact) mass is 635 g/mol. The van der Waals surface area contributed by atoms with Gasteiger partial charge in [-0.15, -0.1) is 0 Å². The molecule has 0 spiro atoms. The third-order valence-corrected chi connectivity index (χ3v) is 8.00. The number of carbonyl (C=O) groups is 3. The minimum absolute atomic E-state index is 0.00569. The lowest BCUT2D eigenvalue weighted by Crippen LogP contribution is -2.50. The van der Waals surface area contributed by atoms with Crippen LogP contribution < -0.4 is 25.1 Å². The van der Waals surface area contributed by atoms with E-state index in [1.54, 1.807) is 64.1 Å². The highest BCUT2D eigenvalue weighted by atomic mass is 79.9. The number of ether oxygens (including phenoxy) is 3. The van der Waals surface area contributed by atoms with E-state index in [2.05, 4.69) is 21.2 Å². The minimum Gasteiger partial charge on any atom is -0.497 e. The van der Waals surface area contributed by atoms with Gasteiger partial charge in [0.05, 0.1) is 18.7 Å². The molecule has 1 aromatic heterocycles. The van der Waals surface area contributed by atoms with Crippen molar-refractivity contribution in [2.24, 2.45) is 5.92 Å². The molecular formula is C31H30BrN3O7. The number of nitrogens with zero attached hydrogens (tertiary/aromatic N) is 2. The molecule has 2 amide bonds. The van der Waals surface area contributed by atoms with Crippen molar-refractivity contribution in [2.45, 2.75) is 25.8 Å². The molecule has 0 unspecified atom stereocenters. The van der Waals surface area contributed by atoms with Crippen molar-refractivity contribution < 1.29 is 28.6 Å². The highest BCUT2D eigenvalue weighted by Gasteiger charge is 2.37. The van der Waals surface area contributed by atoms with Gasteiger partial charge >= 0.3 is 5.97 Å². The number of piperidine rings is 1. The van der Waals surface area contributed by atoms with Gasteiger partial charge in [-0.2, -0.15) is 0 Å². The fraction of sp³-hybridized carbons (Fsp3) is 0.290. The molecule has 218 valence electrons. The first-order chi connectivity index (χ1) is 20.2.